The van der Waals surface area contributed by atoms with E-state index in [0.29, 0.717) is 17.2 Å². The Labute approximate surface area is 129 Å². The lowest BCUT2D eigenvalue weighted by atomic mass is 10.2. The molecule has 120 valence electrons. The van der Waals surface area contributed by atoms with Gasteiger partial charge in [0.1, 0.15) is 6.04 Å². The summed E-state index contributed by atoms with van der Waals surface area (Å²) in [4.78, 5) is 23.8. The second-order valence-electron chi connectivity index (χ2n) is 5.21. The molecule has 2 rings (SSSR count). The molecule has 1 aromatic rings. The molecule has 1 aliphatic heterocycles. The van der Waals surface area contributed by atoms with Gasteiger partial charge >= 0.3 is 6.03 Å². The van der Waals surface area contributed by atoms with E-state index in [-0.39, 0.29) is 18.7 Å². The summed E-state index contributed by atoms with van der Waals surface area (Å²) in [5, 5.41) is 8.06. The van der Waals surface area contributed by atoms with E-state index in [1.807, 2.05) is 13.8 Å². The maximum absolute atomic E-state index is 11.9. The third-order valence-electron chi connectivity index (χ3n) is 3.37. The van der Waals surface area contributed by atoms with Gasteiger partial charge in [-0.3, -0.25) is 4.79 Å². The molecular formula is C15H21N3O4. The van der Waals surface area contributed by atoms with E-state index < -0.39 is 12.1 Å². The molecule has 0 aliphatic carbocycles. The van der Waals surface area contributed by atoms with Gasteiger partial charge in [-0.15, -0.1) is 0 Å². The fraction of sp³-hybridized carbons (Fsp3) is 0.467. The zero-order chi connectivity index (χ0) is 16.1. The number of ether oxygens (including phenoxy) is 2. The number of anilines is 1. The van der Waals surface area contributed by atoms with Crippen LogP contribution in [0.4, 0.5) is 10.5 Å². The van der Waals surface area contributed by atoms with E-state index in [9.17, 15) is 9.59 Å². The van der Waals surface area contributed by atoms with Crippen molar-refractivity contribution in [3.05, 3.63) is 18.2 Å². The molecular weight excluding hydrogens is 286 g/mol. The van der Waals surface area contributed by atoms with Crippen molar-refractivity contribution in [2.24, 2.45) is 0 Å². The number of rotatable bonds is 5. The number of amides is 3. The van der Waals surface area contributed by atoms with E-state index in [4.69, 9.17) is 9.47 Å². The van der Waals surface area contributed by atoms with Crippen LogP contribution in [0.3, 0.4) is 0 Å². The summed E-state index contributed by atoms with van der Waals surface area (Å²) in [5.74, 6) is 1.02. The first-order valence-electron chi connectivity index (χ1n) is 7.27. The molecule has 3 amide bonds. The fourth-order valence-corrected chi connectivity index (χ4v) is 1.87. The van der Waals surface area contributed by atoms with Gasteiger partial charge < -0.3 is 25.4 Å². The second-order valence-corrected chi connectivity index (χ2v) is 5.21. The van der Waals surface area contributed by atoms with Crippen LogP contribution >= 0.6 is 0 Å². The van der Waals surface area contributed by atoms with E-state index in [2.05, 4.69) is 16.0 Å². The molecule has 0 bridgehead atoms. The lowest BCUT2D eigenvalue weighted by Crippen LogP contribution is -2.48. The number of carbonyl (C=O) groups is 2. The molecule has 2 unspecified atom stereocenters. The van der Waals surface area contributed by atoms with Gasteiger partial charge in [-0.25, -0.2) is 4.79 Å². The molecule has 3 N–H and O–H groups in total. The van der Waals surface area contributed by atoms with Crippen molar-refractivity contribution in [3.63, 3.8) is 0 Å². The van der Waals surface area contributed by atoms with Crippen LogP contribution in [0.25, 0.3) is 0 Å². The van der Waals surface area contributed by atoms with Gasteiger partial charge in [-0.05, 0) is 32.4 Å². The Bertz CT molecular complexity index is 562. The maximum atomic E-state index is 11.9. The highest BCUT2D eigenvalue weighted by Gasteiger charge is 2.18. The predicted octanol–water partition coefficient (Wildman–Crippen LogP) is 1.84. The topological polar surface area (TPSA) is 88.7 Å². The van der Waals surface area contributed by atoms with Gasteiger partial charge in [0, 0.05) is 17.8 Å². The highest BCUT2D eigenvalue weighted by atomic mass is 16.7. The quantitative estimate of drug-likeness (QED) is 0.774. The minimum Gasteiger partial charge on any atom is -0.454 e. The van der Waals surface area contributed by atoms with Crippen molar-refractivity contribution < 1.29 is 19.1 Å². The summed E-state index contributed by atoms with van der Waals surface area (Å²) < 4.78 is 10.4. The smallest absolute Gasteiger partial charge is 0.319 e. The molecule has 0 saturated carbocycles. The summed E-state index contributed by atoms with van der Waals surface area (Å²) in [6.07, 6.45) is 0.835. The van der Waals surface area contributed by atoms with Crippen LogP contribution in [0.1, 0.15) is 27.2 Å². The average Bonchev–Trinajstić information content (AvgIpc) is 2.94. The number of fused-ring (bicyclic) bond motifs is 1. The van der Waals surface area contributed by atoms with Crippen LogP contribution < -0.4 is 25.4 Å². The molecule has 2 atom stereocenters. The highest BCUT2D eigenvalue weighted by Crippen LogP contribution is 2.34. The minimum atomic E-state index is -0.622. The van der Waals surface area contributed by atoms with Crippen LogP contribution in [-0.2, 0) is 4.79 Å². The Morgan fingerprint density at radius 3 is 2.64 bits per heavy atom. The Morgan fingerprint density at radius 1 is 1.18 bits per heavy atom. The third-order valence-corrected chi connectivity index (χ3v) is 3.37. The monoisotopic (exact) mass is 307 g/mol. The maximum Gasteiger partial charge on any atom is 0.319 e. The Hall–Kier alpha value is -2.44. The van der Waals surface area contributed by atoms with Crippen molar-refractivity contribution in [2.45, 2.75) is 39.3 Å². The molecule has 0 fully saturated rings. The zero-order valence-electron chi connectivity index (χ0n) is 12.9. The molecule has 0 radical (unpaired) electrons. The van der Waals surface area contributed by atoms with Gasteiger partial charge in [0.05, 0.1) is 0 Å². The highest BCUT2D eigenvalue weighted by molar-refractivity contribution is 5.93. The molecule has 1 heterocycles. The average molecular weight is 307 g/mol. The van der Waals surface area contributed by atoms with Gasteiger partial charge in [0.2, 0.25) is 12.7 Å². The lowest BCUT2D eigenvalue weighted by molar-refractivity contribution is -0.123. The van der Waals surface area contributed by atoms with E-state index in [0.717, 1.165) is 6.42 Å². The van der Waals surface area contributed by atoms with Crippen LogP contribution in [0.15, 0.2) is 18.2 Å². The number of hydrogen-bond donors (Lipinski definition) is 3. The molecule has 0 aromatic heterocycles. The Morgan fingerprint density at radius 2 is 1.91 bits per heavy atom. The molecule has 1 aromatic carbocycles. The summed E-state index contributed by atoms with van der Waals surface area (Å²) in [6, 6.07) is 4.10. The number of nitrogens with one attached hydrogen (secondary N) is 3. The number of carbonyl (C=O) groups excluding carboxylic acids is 2. The first kappa shape index (κ1) is 15.9. The van der Waals surface area contributed by atoms with E-state index >= 15 is 0 Å². The summed E-state index contributed by atoms with van der Waals surface area (Å²) in [7, 11) is 0. The zero-order valence-corrected chi connectivity index (χ0v) is 12.9. The lowest BCUT2D eigenvalue weighted by Gasteiger charge is -2.17. The number of benzene rings is 1. The largest absolute Gasteiger partial charge is 0.454 e. The summed E-state index contributed by atoms with van der Waals surface area (Å²) >= 11 is 0. The van der Waals surface area contributed by atoms with Gasteiger partial charge in [-0.2, -0.15) is 0 Å². The summed E-state index contributed by atoms with van der Waals surface area (Å²) in [5.41, 5.74) is 0.566. The van der Waals surface area contributed by atoms with Gasteiger partial charge in [0.25, 0.3) is 0 Å². The number of hydrogen-bond acceptors (Lipinski definition) is 4. The second kappa shape index (κ2) is 7.02. The molecule has 0 saturated heterocycles. The van der Waals surface area contributed by atoms with Gasteiger partial charge in [0.15, 0.2) is 11.5 Å². The van der Waals surface area contributed by atoms with Gasteiger partial charge in [-0.1, -0.05) is 6.92 Å². The molecule has 7 nitrogen and oxygen atoms in total. The molecule has 7 heteroatoms. The molecule has 1 aliphatic rings. The van der Waals surface area contributed by atoms with Crippen molar-refractivity contribution in [1.82, 2.24) is 10.6 Å². The third kappa shape index (κ3) is 4.03. The van der Waals surface area contributed by atoms with Crippen molar-refractivity contribution in [1.29, 1.82) is 0 Å². The summed E-state index contributed by atoms with van der Waals surface area (Å²) in [6.45, 7) is 5.71. The SMILES string of the molecule is CCC(C)NC(=O)C(C)NC(=O)Nc1ccc2c(c1)OCO2. The van der Waals surface area contributed by atoms with Crippen molar-refractivity contribution in [2.75, 3.05) is 12.1 Å². The molecule has 22 heavy (non-hydrogen) atoms. The normalized spacial score (nSPS) is 14.9. The van der Waals surface area contributed by atoms with Crippen molar-refractivity contribution >= 4 is 17.6 Å². The minimum absolute atomic E-state index is 0.0775. The predicted molar refractivity (Wildman–Crippen MR) is 82.1 cm³/mol. The van der Waals surface area contributed by atoms with Crippen LogP contribution in [0.2, 0.25) is 0 Å². The van der Waals surface area contributed by atoms with Crippen molar-refractivity contribution in [3.8, 4) is 11.5 Å². The Balaban J connectivity index is 1.86. The van der Waals surface area contributed by atoms with E-state index in [1.54, 1.807) is 25.1 Å². The van der Waals surface area contributed by atoms with Crippen LogP contribution in [0.5, 0.6) is 11.5 Å². The first-order valence-corrected chi connectivity index (χ1v) is 7.27. The van der Waals surface area contributed by atoms with Crippen LogP contribution in [-0.4, -0.2) is 30.8 Å². The molecule has 0 spiro atoms. The van der Waals surface area contributed by atoms with Crippen LogP contribution in [0, 0.1) is 0 Å². The first-order chi connectivity index (χ1) is 10.5. The standard InChI is InChI=1S/C15H21N3O4/c1-4-9(2)16-14(19)10(3)17-15(20)18-11-5-6-12-13(7-11)22-8-21-12/h5-7,9-10H,4,8H2,1-3H3,(H,16,19)(H2,17,18,20). The van der Waals surface area contributed by atoms with E-state index in [1.165, 1.54) is 0 Å². The number of urea groups is 1. The Kier molecular flexibility index (Phi) is 5.08. The fourth-order valence-electron chi connectivity index (χ4n) is 1.87.